The molecule has 0 aromatic carbocycles. The largest absolute Gasteiger partial charge is 0.287 e. The Bertz CT molecular complexity index is 361. The lowest BCUT2D eigenvalue weighted by Crippen LogP contribution is -2.38. The molecule has 0 saturated carbocycles. The van der Waals surface area contributed by atoms with Crippen LogP contribution >= 0.6 is 58.9 Å². The molecule has 4 nitrogen and oxygen atoms in total. The first-order valence-corrected chi connectivity index (χ1v) is 7.03. The number of thioether (sulfide) groups is 2. The Hall–Kier alpha value is 0.310. The van der Waals surface area contributed by atoms with Crippen molar-refractivity contribution in [3.8, 4) is 0 Å². The second kappa shape index (κ2) is 5.77. The molecule has 0 radical (unpaired) electrons. The maximum absolute atomic E-state index is 11.2. The quantitative estimate of drug-likeness (QED) is 0.578. The van der Waals surface area contributed by atoms with E-state index in [1.807, 2.05) is 0 Å². The van der Waals surface area contributed by atoms with E-state index in [1.54, 1.807) is 0 Å². The molecular weight excluding hydrogens is 311 g/mol. The first-order valence-electron chi connectivity index (χ1n) is 3.92. The smallest absolute Gasteiger partial charge is 0.188 e. The molecule has 0 spiro atoms. The predicted molar refractivity (Wildman–Crippen MR) is 73.4 cm³/mol. The number of halogens is 2. The Morgan fingerprint density at radius 1 is 1.12 bits per heavy atom. The van der Waals surface area contributed by atoms with Crippen LogP contribution in [0.25, 0.3) is 0 Å². The molecule has 0 saturated heterocycles. The Labute approximate surface area is 115 Å². The van der Waals surface area contributed by atoms with Gasteiger partial charge in [-0.05, 0) is 0 Å². The van der Waals surface area contributed by atoms with E-state index in [4.69, 9.17) is 23.2 Å². The van der Waals surface area contributed by atoms with Crippen molar-refractivity contribution in [2.24, 2.45) is 8.80 Å². The summed E-state index contributed by atoms with van der Waals surface area (Å²) < 4.78 is 6.43. The minimum atomic E-state index is -1.22. The normalized spacial score (nSPS) is 18.8. The molecule has 88 valence electrons. The topological polar surface area (TPSA) is 58.9 Å². The molecule has 0 N–H and O–H groups in total. The van der Waals surface area contributed by atoms with Crippen LogP contribution in [0.5, 0.6) is 0 Å². The summed E-state index contributed by atoms with van der Waals surface area (Å²) >= 11 is 14.4. The molecule has 0 atom stereocenters. The number of rotatable bonds is 2. The van der Waals surface area contributed by atoms with E-state index >= 15 is 0 Å². The zero-order chi connectivity index (χ0) is 12.3. The molecule has 0 bridgehead atoms. The van der Waals surface area contributed by atoms with E-state index in [-0.39, 0.29) is 20.6 Å². The van der Waals surface area contributed by atoms with Crippen LogP contribution in [0.3, 0.4) is 0 Å². The van der Waals surface area contributed by atoms with Gasteiger partial charge in [0.05, 0.1) is 0 Å². The fourth-order valence-corrected chi connectivity index (χ4v) is 4.66. The van der Waals surface area contributed by atoms with Crippen LogP contribution in [0, 0.1) is 0 Å². The number of carbonyl (C=O) groups is 2. The molecule has 1 rings (SSSR count). The summed E-state index contributed by atoms with van der Waals surface area (Å²) in [7, 11) is 0. The first-order chi connectivity index (χ1) is 7.38. The Morgan fingerprint density at radius 2 is 1.50 bits per heavy atom. The predicted octanol–water partition coefficient (Wildman–Crippen LogP) is 3.09. The van der Waals surface area contributed by atoms with Crippen molar-refractivity contribution in [3.05, 3.63) is 0 Å². The lowest BCUT2D eigenvalue weighted by atomic mass is 10.5. The highest BCUT2D eigenvalue weighted by Crippen LogP contribution is 2.46. The van der Waals surface area contributed by atoms with Gasteiger partial charge in [0, 0.05) is 13.8 Å². The molecule has 9 heteroatoms. The van der Waals surface area contributed by atoms with Gasteiger partial charge in [0.2, 0.25) is 0 Å². The average molecular weight is 317 g/mol. The molecule has 0 unspecified atom stereocenters. The summed E-state index contributed by atoms with van der Waals surface area (Å²) in [4.78, 5) is 22.4. The molecule has 0 aromatic heterocycles. The van der Waals surface area contributed by atoms with Gasteiger partial charge < -0.3 is 0 Å². The van der Waals surface area contributed by atoms with E-state index in [9.17, 15) is 9.59 Å². The monoisotopic (exact) mass is 316 g/mol. The van der Waals surface area contributed by atoms with E-state index in [1.165, 1.54) is 13.8 Å². The summed E-state index contributed by atoms with van der Waals surface area (Å²) in [6, 6.07) is 0. The zero-order valence-electron chi connectivity index (χ0n) is 8.19. The third-order valence-corrected chi connectivity index (χ3v) is 5.70. The number of hydrogen-bond acceptors (Lipinski definition) is 7. The standard InChI is InChI=1S/C7H6Cl2N2O2S3/c1-3(12)14-7(15-4(2)13)5(8)10-16-11-6(7)9/h1-2H3. The van der Waals surface area contributed by atoms with E-state index in [2.05, 4.69) is 8.80 Å². The van der Waals surface area contributed by atoms with Crippen LogP contribution in [0.1, 0.15) is 13.8 Å². The van der Waals surface area contributed by atoms with Gasteiger partial charge in [-0.3, -0.25) is 9.59 Å². The van der Waals surface area contributed by atoms with Crippen LogP contribution in [0.4, 0.5) is 0 Å². The molecule has 0 aliphatic carbocycles. The van der Waals surface area contributed by atoms with Crippen molar-refractivity contribution in [1.29, 1.82) is 0 Å². The maximum Gasteiger partial charge on any atom is 0.188 e. The third kappa shape index (κ3) is 3.16. The van der Waals surface area contributed by atoms with E-state index in [0.29, 0.717) is 0 Å². The van der Waals surface area contributed by atoms with Gasteiger partial charge in [-0.1, -0.05) is 46.7 Å². The van der Waals surface area contributed by atoms with E-state index < -0.39 is 4.08 Å². The molecular formula is C7H6Cl2N2O2S3. The van der Waals surface area contributed by atoms with Gasteiger partial charge in [0.15, 0.2) is 24.7 Å². The molecule has 1 heterocycles. The van der Waals surface area contributed by atoms with Gasteiger partial charge in [0.1, 0.15) is 12.1 Å². The number of carbonyl (C=O) groups excluding carboxylic acids is 2. The van der Waals surface area contributed by atoms with Crippen LogP contribution in [-0.4, -0.2) is 24.7 Å². The molecule has 0 amide bonds. The van der Waals surface area contributed by atoms with Gasteiger partial charge >= 0.3 is 0 Å². The SMILES string of the molecule is CC(=O)SC1(SC(C)=O)C(Cl)=NSN=C1Cl. The number of nitrogens with zero attached hydrogens (tertiary/aromatic N) is 2. The van der Waals surface area contributed by atoms with Crippen molar-refractivity contribution in [3.63, 3.8) is 0 Å². The van der Waals surface area contributed by atoms with Crippen molar-refractivity contribution >= 4 is 79.4 Å². The Balaban J connectivity index is 3.14. The average Bonchev–Trinajstić information content (AvgIpc) is 2.12. The second-order valence-corrected chi connectivity index (χ2v) is 6.94. The molecule has 0 aromatic rings. The molecule has 0 fully saturated rings. The third-order valence-electron chi connectivity index (χ3n) is 1.36. The minimum absolute atomic E-state index is 0.0814. The summed E-state index contributed by atoms with van der Waals surface area (Å²) in [5.74, 6) is 0. The highest BCUT2D eigenvalue weighted by molar-refractivity contribution is 8.33. The number of hydrogen-bond donors (Lipinski definition) is 0. The molecule has 1 aliphatic heterocycles. The lowest BCUT2D eigenvalue weighted by molar-refractivity contribution is -0.109. The van der Waals surface area contributed by atoms with Crippen molar-refractivity contribution < 1.29 is 9.59 Å². The highest BCUT2D eigenvalue weighted by Gasteiger charge is 2.46. The highest BCUT2D eigenvalue weighted by atomic mass is 35.5. The summed E-state index contributed by atoms with van der Waals surface area (Å²) in [5, 5.41) is -0.277. The maximum atomic E-state index is 11.2. The lowest BCUT2D eigenvalue weighted by Gasteiger charge is -2.28. The fourth-order valence-electron chi connectivity index (χ4n) is 0.891. The van der Waals surface area contributed by atoms with Gasteiger partial charge in [0.25, 0.3) is 0 Å². The van der Waals surface area contributed by atoms with E-state index in [0.717, 1.165) is 35.7 Å². The molecule has 1 aliphatic rings. The van der Waals surface area contributed by atoms with Crippen LogP contribution in [0.15, 0.2) is 8.80 Å². The van der Waals surface area contributed by atoms with Gasteiger partial charge in [-0.2, -0.15) is 8.80 Å². The van der Waals surface area contributed by atoms with Crippen LogP contribution in [0.2, 0.25) is 0 Å². The molecule has 16 heavy (non-hydrogen) atoms. The Kier molecular flexibility index (Phi) is 5.18. The summed E-state index contributed by atoms with van der Waals surface area (Å²) in [6.07, 6.45) is 0. The summed E-state index contributed by atoms with van der Waals surface area (Å²) in [6.45, 7) is 2.73. The minimum Gasteiger partial charge on any atom is -0.287 e. The van der Waals surface area contributed by atoms with Crippen molar-refractivity contribution in [2.45, 2.75) is 17.9 Å². The summed E-state index contributed by atoms with van der Waals surface area (Å²) in [5.41, 5.74) is 0. The van der Waals surface area contributed by atoms with Gasteiger partial charge in [-0.25, -0.2) is 0 Å². The first kappa shape index (κ1) is 14.4. The second-order valence-electron chi connectivity index (χ2n) is 2.65. The van der Waals surface area contributed by atoms with Crippen molar-refractivity contribution in [2.75, 3.05) is 0 Å². The fraction of sp³-hybridized carbons (Fsp3) is 0.429. The Morgan fingerprint density at radius 3 is 1.81 bits per heavy atom. The van der Waals surface area contributed by atoms with Crippen molar-refractivity contribution in [1.82, 2.24) is 0 Å². The zero-order valence-corrected chi connectivity index (χ0v) is 12.2. The van der Waals surface area contributed by atoms with Crippen LogP contribution < -0.4 is 0 Å². The van der Waals surface area contributed by atoms with Gasteiger partial charge in [-0.15, -0.1) is 0 Å². The van der Waals surface area contributed by atoms with Crippen LogP contribution in [-0.2, 0) is 9.59 Å².